The average molecular weight is 459 g/mol. The summed E-state index contributed by atoms with van der Waals surface area (Å²) in [5.41, 5.74) is 7.94. The molecule has 0 aliphatic carbocycles. The van der Waals surface area contributed by atoms with Crippen LogP contribution in [0.2, 0.25) is 10.0 Å². The summed E-state index contributed by atoms with van der Waals surface area (Å²) in [6, 6.07) is 12.6. The zero-order valence-corrected chi connectivity index (χ0v) is 18.4. The maximum Gasteiger partial charge on any atom is 0.249 e. The van der Waals surface area contributed by atoms with Gasteiger partial charge in [-0.05, 0) is 43.7 Å². The highest BCUT2D eigenvalue weighted by atomic mass is 35.5. The highest BCUT2D eigenvalue weighted by Crippen LogP contribution is 2.38. The Morgan fingerprint density at radius 3 is 2.00 bits per heavy atom. The minimum atomic E-state index is -0.557. The first-order chi connectivity index (χ1) is 14.8. The third-order valence-corrected chi connectivity index (χ3v) is 6.13. The van der Waals surface area contributed by atoms with E-state index >= 15 is 0 Å². The Hall–Kier alpha value is -2.90. The van der Waals surface area contributed by atoms with Crippen LogP contribution in [0.5, 0.6) is 5.75 Å². The number of nitrogens with zero attached hydrogens (tertiary/aromatic N) is 2. The minimum Gasteiger partial charge on any atom is -0.489 e. The number of hydrogen-bond donors (Lipinski definition) is 2. The zero-order chi connectivity index (χ0) is 22.1. The van der Waals surface area contributed by atoms with E-state index in [1.54, 1.807) is 26.0 Å². The number of rotatable bonds is 6. The molecule has 2 heterocycles. The monoisotopic (exact) mass is 458 g/mol. The topological polar surface area (TPSA) is 92.1 Å². The average Bonchev–Trinajstić information content (AvgIpc) is 3.25. The van der Waals surface area contributed by atoms with Crippen molar-refractivity contribution in [2.75, 3.05) is 0 Å². The molecule has 0 bridgehead atoms. The number of carbonyl (C=O) groups is 2. The van der Waals surface area contributed by atoms with E-state index in [1.165, 1.54) is 0 Å². The Morgan fingerprint density at radius 2 is 1.52 bits per heavy atom. The van der Waals surface area contributed by atoms with Crippen LogP contribution in [0.25, 0.3) is 0 Å². The maximum absolute atomic E-state index is 12.5. The molecule has 2 aliphatic rings. The van der Waals surface area contributed by atoms with Crippen LogP contribution < -0.4 is 15.6 Å². The smallest absolute Gasteiger partial charge is 0.249 e. The largest absolute Gasteiger partial charge is 0.489 e. The number of hydrazone groups is 2. The van der Waals surface area contributed by atoms with Crippen LogP contribution in [0.1, 0.15) is 30.9 Å². The van der Waals surface area contributed by atoms with Gasteiger partial charge in [-0.15, -0.1) is 0 Å². The lowest BCUT2D eigenvalue weighted by molar-refractivity contribution is -0.124. The van der Waals surface area contributed by atoms with Crippen molar-refractivity contribution in [3.63, 3.8) is 0 Å². The van der Waals surface area contributed by atoms with E-state index in [1.807, 2.05) is 30.3 Å². The second-order valence-electron chi connectivity index (χ2n) is 7.53. The normalized spacial score (nSPS) is 21.3. The van der Waals surface area contributed by atoms with E-state index in [9.17, 15) is 9.59 Å². The van der Waals surface area contributed by atoms with E-state index in [2.05, 4.69) is 21.1 Å². The van der Waals surface area contributed by atoms with Crippen molar-refractivity contribution in [3.05, 3.63) is 63.6 Å². The van der Waals surface area contributed by atoms with Gasteiger partial charge >= 0.3 is 0 Å². The molecule has 0 fully saturated rings. The van der Waals surface area contributed by atoms with Crippen LogP contribution in [0.3, 0.4) is 0 Å². The molecular weight excluding hydrogens is 439 g/mol. The number of carbonyl (C=O) groups excluding carboxylic acids is 2. The first-order valence-corrected chi connectivity index (χ1v) is 10.5. The van der Waals surface area contributed by atoms with Gasteiger partial charge < -0.3 is 4.74 Å². The van der Waals surface area contributed by atoms with Gasteiger partial charge in [-0.3, -0.25) is 9.59 Å². The molecule has 31 heavy (non-hydrogen) atoms. The summed E-state index contributed by atoms with van der Waals surface area (Å²) in [5.74, 6) is -1.37. The highest BCUT2D eigenvalue weighted by molar-refractivity contribution is 6.35. The second-order valence-corrected chi connectivity index (χ2v) is 8.38. The van der Waals surface area contributed by atoms with Crippen molar-refractivity contribution >= 4 is 46.4 Å². The highest BCUT2D eigenvalue weighted by Gasteiger charge is 2.45. The molecule has 4 rings (SSSR count). The molecule has 2 unspecified atom stereocenters. The van der Waals surface area contributed by atoms with Gasteiger partial charge in [0.25, 0.3) is 0 Å². The molecule has 9 heteroatoms. The lowest BCUT2D eigenvalue weighted by atomic mass is 9.73. The Morgan fingerprint density at radius 1 is 0.935 bits per heavy atom. The molecule has 2 atom stereocenters. The molecule has 2 amide bonds. The minimum absolute atomic E-state index is 0.229. The van der Waals surface area contributed by atoms with Crippen LogP contribution in [-0.4, -0.2) is 23.2 Å². The fraction of sp³-hybridized carbons (Fsp3) is 0.273. The van der Waals surface area contributed by atoms with Crippen molar-refractivity contribution in [2.24, 2.45) is 22.0 Å². The molecule has 2 N–H and O–H groups in total. The SMILES string of the molecule is CC1=NNC(=O)C1C(c1ccc(OCc2ccc(Cl)cc2Cl)cc1)C1C(=O)NN=C1C. The molecule has 0 saturated carbocycles. The van der Waals surface area contributed by atoms with Crippen molar-refractivity contribution in [1.82, 2.24) is 10.9 Å². The first kappa shape index (κ1) is 21.3. The Labute approximate surface area is 189 Å². The molecule has 0 saturated heterocycles. The van der Waals surface area contributed by atoms with Gasteiger partial charge in [0.2, 0.25) is 11.8 Å². The van der Waals surface area contributed by atoms with E-state index < -0.39 is 17.8 Å². The number of nitrogens with one attached hydrogen (secondary N) is 2. The molecule has 0 aromatic heterocycles. The fourth-order valence-corrected chi connectivity index (χ4v) is 4.42. The van der Waals surface area contributed by atoms with E-state index in [-0.39, 0.29) is 18.4 Å². The van der Waals surface area contributed by atoms with Gasteiger partial charge in [0.15, 0.2) is 0 Å². The number of amides is 2. The summed E-state index contributed by atoms with van der Waals surface area (Å²) in [7, 11) is 0. The van der Waals surface area contributed by atoms with Crippen LogP contribution in [0, 0.1) is 11.8 Å². The van der Waals surface area contributed by atoms with Gasteiger partial charge in [-0.25, -0.2) is 10.9 Å². The molecule has 7 nitrogen and oxygen atoms in total. The Kier molecular flexibility index (Phi) is 5.98. The summed E-state index contributed by atoms with van der Waals surface area (Å²) < 4.78 is 5.85. The number of hydrogen-bond acceptors (Lipinski definition) is 5. The van der Waals surface area contributed by atoms with Gasteiger partial charge in [0.05, 0.1) is 11.8 Å². The summed E-state index contributed by atoms with van der Waals surface area (Å²) in [4.78, 5) is 25.0. The quantitative estimate of drug-likeness (QED) is 0.687. The molecule has 160 valence electrons. The van der Waals surface area contributed by atoms with Crippen molar-refractivity contribution in [1.29, 1.82) is 0 Å². The summed E-state index contributed by atoms with van der Waals surface area (Å²) in [6.45, 7) is 3.84. The maximum atomic E-state index is 12.5. The van der Waals surface area contributed by atoms with E-state index in [0.29, 0.717) is 27.2 Å². The Bertz CT molecular complexity index is 1060. The van der Waals surface area contributed by atoms with E-state index in [0.717, 1.165) is 11.1 Å². The summed E-state index contributed by atoms with van der Waals surface area (Å²) in [6.07, 6.45) is 0. The summed E-state index contributed by atoms with van der Waals surface area (Å²) >= 11 is 12.1. The number of ether oxygens (including phenoxy) is 1. The fourth-order valence-electron chi connectivity index (χ4n) is 3.95. The van der Waals surface area contributed by atoms with Gasteiger partial charge in [0.1, 0.15) is 12.4 Å². The van der Waals surface area contributed by atoms with Crippen LogP contribution in [0.15, 0.2) is 52.7 Å². The Balaban J connectivity index is 1.58. The van der Waals surface area contributed by atoms with Crippen LogP contribution >= 0.6 is 23.2 Å². The van der Waals surface area contributed by atoms with Crippen molar-refractivity contribution in [3.8, 4) is 5.75 Å². The molecule has 0 spiro atoms. The second kappa shape index (κ2) is 8.69. The zero-order valence-electron chi connectivity index (χ0n) is 16.9. The van der Waals surface area contributed by atoms with Crippen molar-refractivity contribution in [2.45, 2.75) is 26.4 Å². The number of halogens is 2. The third kappa shape index (κ3) is 4.29. The van der Waals surface area contributed by atoms with Gasteiger partial charge in [0, 0.05) is 32.9 Å². The summed E-state index contributed by atoms with van der Waals surface area (Å²) in [5, 5.41) is 9.22. The predicted octanol–water partition coefficient (Wildman–Crippen LogP) is 3.90. The molecule has 2 aliphatic heterocycles. The third-order valence-electron chi connectivity index (χ3n) is 5.54. The van der Waals surface area contributed by atoms with Crippen LogP contribution in [-0.2, 0) is 16.2 Å². The standard InChI is InChI=1S/C22H20Cl2N4O3/c1-11-18(21(29)27-25-11)20(19-12(2)26-28-22(19)30)13-4-7-16(8-5-13)31-10-14-3-6-15(23)9-17(14)24/h3-9,18-20H,10H2,1-2H3,(H,27,29)(H,28,30). The van der Waals surface area contributed by atoms with Crippen molar-refractivity contribution < 1.29 is 14.3 Å². The molecule has 0 radical (unpaired) electrons. The lowest BCUT2D eigenvalue weighted by Gasteiger charge is -2.27. The molecular formula is C22H20Cl2N4O3. The van der Waals surface area contributed by atoms with E-state index in [4.69, 9.17) is 27.9 Å². The van der Waals surface area contributed by atoms with Gasteiger partial charge in [-0.2, -0.15) is 10.2 Å². The molecule has 2 aromatic carbocycles. The first-order valence-electron chi connectivity index (χ1n) is 9.70. The molecule has 2 aromatic rings. The van der Waals surface area contributed by atoms with Gasteiger partial charge in [-0.1, -0.05) is 41.4 Å². The predicted molar refractivity (Wildman–Crippen MR) is 119 cm³/mol. The number of benzene rings is 2. The van der Waals surface area contributed by atoms with Crippen LogP contribution in [0.4, 0.5) is 0 Å². The lowest BCUT2D eigenvalue weighted by Crippen LogP contribution is -2.38.